The first-order valence-electron chi connectivity index (χ1n) is 11.2. The Morgan fingerprint density at radius 3 is 1.58 bits per heavy atom. The van der Waals surface area contributed by atoms with Crippen molar-refractivity contribution in [3.8, 4) is 22.3 Å². The molecule has 0 nitrogen and oxygen atoms in total. The van der Waals surface area contributed by atoms with Crippen LogP contribution in [0, 0.1) is 34.6 Å². The fraction of sp³-hybridized carbons (Fsp3) is 0.226. The Labute approximate surface area is 186 Å². The monoisotopic (exact) mass is 402 g/mol. The molecule has 4 aromatic rings. The molecule has 0 atom stereocenters. The molecule has 0 bridgehead atoms. The summed E-state index contributed by atoms with van der Waals surface area (Å²) in [6.45, 7) is 13.5. The third-order valence-electron chi connectivity index (χ3n) is 7.46. The molecule has 0 aromatic heterocycles. The number of hydrogen-bond donors (Lipinski definition) is 0. The molecule has 0 spiro atoms. The summed E-state index contributed by atoms with van der Waals surface area (Å²) in [5.74, 6) is 0. The largest absolute Gasteiger partial charge is 0.0613 e. The van der Waals surface area contributed by atoms with Crippen molar-refractivity contribution in [2.45, 2.75) is 47.0 Å². The highest BCUT2D eigenvalue weighted by atomic mass is 14.4. The van der Waals surface area contributed by atoms with Crippen LogP contribution in [0.4, 0.5) is 0 Å². The highest BCUT2D eigenvalue weighted by Gasteiger charge is 2.41. The summed E-state index contributed by atoms with van der Waals surface area (Å²) in [4.78, 5) is 0. The van der Waals surface area contributed by atoms with Crippen LogP contribution in [0.15, 0.2) is 72.8 Å². The first-order chi connectivity index (χ1) is 14.8. The molecule has 154 valence electrons. The van der Waals surface area contributed by atoms with Gasteiger partial charge in [0.05, 0.1) is 0 Å². The molecule has 1 aliphatic carbocycles. The van der Waals surface area contributed by atoms with Crippen molar-refractivity contribution in [3.63, 3.8) is 0 Å². The van der Waals surface area contributed by atoms with E-state index < -0.39 is 0 Å². The van der Waals surface area contributed by atoms with Crippen molar-refractivity contribution in [1.82, 2.24) is 0 Å². The van der Waals surface area contributed by atoms with Gasteiger partial charge in [-0.25, -0.2) is 0 Å². The van der Waals surface area contributed by atoms with Crippen LogP contribution in [0.3, 0.4) is 0 Å². The molecule has 0 amide bonds. The zero-order valence-corrected chi connectivity index (χ0v) is 19.4. The molecule has 31 heavy (non-hydrogen) atoms. The number of fused-ring (bicyclic) bond motifs is 3. The average molecular weight is 403 g/mol. The lowest BCUT2D eigenvalue weighted by Gasteiger charge is -2.29. The van der Waals surface area contributed by atoms with Crippen LogP contribution < -0.4 is 0 Å². The first-order valence-corrected chi connectivity index (χ1v) is 11.2. The Balaban J connectivity index is 1.78. The van der Waals surface area contributed by atoms with Gasteiger partial charge in [0, 0.05) is 5.41 Å². The number of aryl methyl sites for hydroxylation is 5. The Morgan fingerprint density at radius 1 is 0.516 bits per heavy atom. The van der Waals surface area contributed by atoms with Gasteiger partial charge in [-0.05, 0) is 109 Å². The fourth-order valence-corrected chi connectivity index (χ4v) is 5.12. The number of rotatable bonds is 2. The molecule has 0 fully saturated rings. The van der Waals surface area contributed by atoms with Crippen LogP contribution >= 0.6 is 0 Å². The van der Waals surface area contributed by atoms with Crippen LogP contribution in [0.5, 0.6) is 0 Å². The molecular formula is C31H30. The van der Waals surface area contributed by atoms with Crippen LogP contribution in [0.1, 0.15) is 51.4 Å². The Hall–Kier alpha value is -3.12. The van der Waals surface area contributed by atoms with Crippen LogP contribution in [-0.4, -0.2) is 0 Å². The summed E-state index contributed by atoms with van der Waals surface area (Å²) < 4.78 is 0. The third kappa shape index (κ3) is 2.97. The van der Waals surface area contributed by atoms with Gasteiger partial charge < -0.3 is 0 Å². The maximum absolute atomic E-state index is 2.42. The zero-order valence-electron chi connectivity index (χ0n) is 19.4. The summed E-state index contributed by atoms with van der Waals surface area (Å²) in [5, 5.41) is 0. The van der Waals surface area contributed by atoms with Gasteiger partial charge in [0.25, 0.3) is 0 Å². The molecule has 0 heteroatoms. The molecule has 0 saturated heterocycles. The van der Waals surface area contributed by atoms with E-state index in [4.69, 9.17) is 0 Å². The van der Waals surface area contributed by atoms with Crippen molar-refractivity contribution in [2.24, 2.45) is 0 Å². The van der Waals surface area contributed by atoms with E-state index in [1.807, 2.05) is 0 Å². The number of hydrogen-bond acceptors (Lipinski definition) is 0. The summed E-state index contributed by atoms with van der Waals surface area (Å²) in [6, 6.07) is 27.6. The van der Waals surface area contributed by atoms with E-state index in [0.717, 1.165) is 0 Å². The van der Waals surface area contributed by atoms with Crippen molar-refractivity contribution in [2.75, 3.05) is 0 Å². The van der Waals surface area contributed by atoms with Crippen molar-refractivity contribution in [1.29, 1.82) is 0 Å². The van der Waals surface area contributed by atoms with Crippen molar-refractivity contribution in [3.05, 3.63) is 117 Å². The van der Waals surface area contributed by atoms with Gasteiger partial charge in [-0.2, -0.15) is 0 Å². The Morgan fingerprint density at radius 2 is 1.03 bits per heavy atom. The third-order valence-corrected chi connectivity index (χ3v) is 7.46. The Bertz CT molecular complexity index is 1260. The maximum atomic E-state index is 2.42. The predicted molar refractivity (Wildman–Crippen MR) is 133 cm³/mol. The van der Waals surface area contributed by atoms with E-state index in [1.54, 1.807) is 0 Å². The molecule has 0 N–H and O–H groups in total. The standard InChI is InChI=1S/C31H30/c1-19-10-12-24(13-11-19)25-8-7-9-26(18-25)31(6)29-16-22(4)20(2)14-27(29)28-15-21(3)23(5)17-30(28)31/h7-18H,1-6H3. The normalized spacial score (nSPS) is 13.7. The minimum Gasteiger partial charge on any atom is -0.0613 e. The van der Waals surface area contributed by atoms with Crippen molar-refractivity contribution >= 4 is 0 Å². The highest BCUT2D eigenvalue weighted by molar-refractivity contribution is 5.85. The SMILES string of the molecule is Cc1ccc(-c2cccc(C3(C)c4cc(C)c(C)cc4-c4cc(C)c(C)cc43)c2)cc1. The van der Waals surface area contributed by atoms with Crippen LogP contribution in [-0.2, 0) is 5.41 Å². The molecule has 0 radical (unpaired) electrons. The zero-order chi connectivity index (χ0) is 21.9. The second-order valence-electron chi connectivity index (χ2n) is 9.54. The van der Waals surface area contributed by atoms with E-state index in [9.17, 15) is 0 Å². The van der Waals surface area contributed by atoms with Gasteiger partial charge in [-0.1, -0.05) is 72.3 Å². The minimum atomic E-state index is -0.164. The van der Waals surface area contributed by atoms with Gasteiger partial charge in [0.15, 0.2) is 0 Å². The Kier molecular flexibility index (Phi) is 4.45. The van der Waals surface area contributed by atoms with Gasteiger partial charge in [-0.3, -0.25) is 0 Å². The van der Waals surface area contributed by atoms with Crippen molar-refractivity contribution < 1.29 is 0 Å². The topological polar surface area (TPSA) is 0 Å². The lowest BCUT2D eigenvalue weighted by molar-refractivity contribution is 0.712. The summed E-state index contributed by atoms with van der Waals surface area (Å²) in [6.07, 6.45) is 0. The van der Waals surface area contributed by atoms with Gasteiger partial charge in [0.2, 0.25) is 0 Å². The van der Waals surface area contributed by atoms with E-state index >= 15 is 0 Å². The van der Waals surface area contributed by atoms with E-state index in [1.165, 1.54) is 66.8 Å². The summed E-state index contributed by atoms with van der Waals surface area (Å²) in [5.41, 5.74) is 16.1. The molecule has 0 unspecified atom stereocenters. The molecule has 0 aliphatic heterocycles. The first kappa shape index (κ1) is 19.8. The minimum absolute atomic E-state index is 0.164. The molecule has 1 aliphatic rings. The van der Waals surface area contributed by atoms with E-state index in [-0.39, 0.29) is 5.41 Å². The van der Waals surface area contributed by atoms with Crippen LogP contribution in [0.2, 0.25) is 0 Å². The number of benzene rings is 4. The van der Waals surface area contributed by atoms with Gasteiger partial charge >= 0.3 is 0 Å². The molecular weight excluding hydrogens is 372 g/mol. The van der Waals surface area contributed by atoms with E-state index in [2.05, 4.69) is 114 Å². The second kappa shape index (κ2) is 6.95. The molecule has 4 aromatic carbocycles. The van der Waals surface area contributed by atoms with E-state index in [0.29, 0.717) is 0 Å². The average Bonchev–Trinajstić information content (AvgIpc) is 2.98. The quantitative estimate of drug-likeness (QED) is 0.317. The summed E-state index contributed by atoms with van der Waals surface area (Å²) >= 11 is 0. The summed E-state index contributed by atoms with van der Waals surface area (Å²) in [7, 11) is 0. The highest BCUT2D eigenvalue weighted by Crippen LogP contribution is 2.53. The molecule has 5 rings (SSSR count). The predicted octanol–water partition coefficient (Wildman–Crippen LogP) is 8.23. The fourth-order valence-electron chi connectivity index (χ4n) is 5.12. The lowest BCUT2D eigenvalue weighted by Crippen LogP contribution is -2.23. The molecule has 0 saturated carbocycles. The second-order valence-corrected chi connectivity index (χ2v) is 9.54. The van der Waals surface area contributed by atoms with Gasteiger partial charge in [-0.15, -0.1) is 0 Å². The van der Waals surface area contributed by atoms with Crippen LogP contribution in [0.25, 0.3) is 22.3 Å². The lowest BCUT2D eigenvalue weighted by atomic mass is 9.73. The molecule has 0 heterocycles. The smallest absolute Gasteiger partial charge is 0.0435 e. The van der Waals surface area contributed by atoms with Gasteiger partial charge in [0.1, 0.15) is 0 Å². The maximum Gasteiger partial charge on any atom is 0.0435 e.